The second-order valence-corrected chi connectivity index (χ2v) is 4.49. The molecule has 128 valence electrons. The minimum atomic E-state index is -4.88. The molecule has 1 saturated heterocycles. The number of hydrogen-bond acceptors (Lipinski definition) is 4. The zero-order valence-electron chi connectivity index (χ0n) is 35.8. The number of aliphatic hydroxyl groups is 1. The van der Waals surface area contributed by atoms with Gasteiger partial charge in [-0.25, -0.2) is 0 Å². The van der Waals surface area contributed by atoms with Crippen LogP contribution in [0.4, 0.5) is 0 Å². The molecule has 0 saturated carbocycles. The molecule has 1 aromatic carbocycles. The van der Waals surface area contributed by atoms with Gasteiger partial charge in [0, 0.05) is 43.7 Å². The van der Waals surface area contributed by atoms with E-state index in [0.717, 1.165) is 7.11 Å². The molecule has 3 rings (SSSR count). The fraction of sp³-hybridized carbons (Fsp3) is 0.684. The lowest BCUT2D eigenvalue weighted by Crippen LogP contribution is -2.48. The molecule has 0 aliphatic carbocycles. The minimum Gasteiger partial charge on any atom is -0.493 e. The van der Waals surface area contributed by atoms with Crippen molar-refractivity contribution in [1.82, 2.24) is 4.90 Å². The van der Waals surface area contributed by atoms with Crippen molar-refractivity contribution < 1.29 is 47.5 Å². The van der Waals surface area contributed by atoms with Crippen molar-refractivity contribution >= 4 is 0 Å². The van der Waals surface area contributed by atoms with Crippen molar-refractivity contribution in [1.29, 1.82) is 0 Å². The quantitative estimate of drug-likeness (QED) is 0.912. The maximum absolute atomic E-state index is 11.5. The van der Waals surface area contributed by atoms with Gasteiger partial charge in [0.25, 0.3) is 0 Å². The van der Waals surface area contributed by atoms with E-state index < -0.39 is 116 Å². The van der Waals surface area contributed by atoms with Gasteiger partial charge in [-0.3, -0.25) is 4.90 Å². The molecule has 23 heavy (non-hydrogen) atoms. The molecule has 1 fully saturated rings. The molecule has 0 amide bonds. The van der Waals surface area contributed by atoms with Gasteiger partial charge in [-0.05, 0) is 54.1 Å². The minimum absolute atomic E-state index is 0.571. The van der Waals surface area contributed by atoms with Crippen molar-refractivity contribution in [3.05, 3.63) is 23.2 Å². The molecule has 2 aliphatic rings. The van der Waals surface area contributed by atoms with E-state index in [9.17, 15) is 5.11 Å². The Morgan fingerprint density at radius 2 is 2.39 bits per heavy atom. The smallest absolute Gasteiger partial charge is 0.161 e. The van der Waals surface area contributed by atoms with E-state index in [0.29, 0.717) is 0 Å². The fourth-order valence-corrected chi connectivity index (χ4v) is 2.12. The van der Waals surface area contributed by atoms with E-state index in [-0.39, 0.29) is 0 Å². The first-order valence-electron chi connectivity index (χ1n) is 18.3. The zero-order valence-corrected chi connectivity index (χ0v) is 11.8. The molecule has 1 N–H and O–H groups in total. The van der Waals surface area contributed by atoms with Gasteiger partial charge in [0.1, 0.15) is 0 Å². The fourth-order valence-electron chi connectivity index (χ4n) is 2.12. The van der Waals surface area contributed by atoms with Crippen LogP contribution in [0.1, 0.15) is 76.5 Å². The van der Waals surface area contributed by atoms with Crippen molar-refractivity contribution in [2.45, 2.75) is 44.9 Å². The molecule has 3 unspecified atom stereocenters. The molecule has 0 bridgehead atoms. The average Bonchev–Trinajstić information content (AvgIpc) is 2.83. The Morgan fingerprint density at radius 1 is 1.57 bits per heavy atom. The van der Waals surface area contributed by atoms with Gasteiger partial charge in [0.2, 0.25) is 0 Å². The Kier molecular flexibility index (Phi) is 1.19. The summed E-state index contributed by atoms with van der Waals surface area (Å²) in [5, 5.41) is 11.5. The molecule has 0 spiro atoms. The Morgan fingerprint density at radius 3 is 3.13 bits per heavy atom. The summed E-state index contributed by atoms with van der Waals surface area (Å²) in [5.74, 6) is -11.7. The van der Waals surface area contributed by atoms with Crippen LogP contribution >= 0.6 is 0 Å². The second-order valence-electron chi connectivity index (χ2n) is 4.49. The summed E-state index contributed by atoms with van der Waals surface area (Å²) >= 11 is 0. The van der Waals surface area contributed by atoms with Gasteiger partial charge in [-0.15, -0.1) is 0 Å². The molecular formula is C19H29NO3. The molecule has 2 aliphatic heterocycles. The molecular weight excluding hydrogens is 290 g/mol. The number of piperidine rings is 1. The van der Waals surface area contributed by atoms with Crippen LogP contribution in [0, 0.1) is 11.8 Å². The molecule has 3 atom stereocenters. The Labute approximate surface area is 173 Å². The van der Waals surface area contributed by atoms with Crippen LogP contribution in [-0.2, 0) is 6.37 Å². The van der Waals surface area contributed by atoms with E-state index in [1.165, 1.54) is 0 Å². The van der Waals surface area contributed by atoms with E-state index in [2.05, 4.69) is 0 Å². The van der Waals surface area contributed by atoms with Gasteiger partial charge >= 0.3 is 0 Å². The summed E-state index contributed by atoms with van der Waals surface area (Å²) in [4.78, 5) is -0.571. The number of methoxy groups -OCH3 is 2. The second kappa shape index (κ2) is 6.70. The van der Waals surface area contributed by atoms with Gasteiger partial charge in [0.05, 0.1) is 28.5 Å². The summed E-state index contributed by atoms with van der Waals surface area (Å²) in [6.45, 7) is -17.4. The summed E-state index contributed by atoms with van der Waals surface area (Å²) in [6, 6.07) is -5.68. The van der Waals surface area contributed by atoms with Crippen LogP contribution in [-0.4, -0.2) is 43.2 Å². The first kappa shape index (κ1) is 4.10. The molecule has 0 radical (unpaired) electrons. The van der Waals surface area contributed by atoms with Gasteiger partial charge in [-0.1, -0.05) is 13.7 Å². The van der Waals surface area contributed by atoms with Crippen molar-refractivity contribution in [2.24, 2.45) is 11.8 Å². The number of nitrogens with zero attached hydrogens (tertiary/aromatic N) is 1. The van der Waals surface area contributed by atoms with Gasteiger partial charge in [0.15, 0.2) is 11.5 Å². The van der Waals surface area contributed by atoms with E-state index >= 15 is 0 Å². The van der Waals surface area contributed by atoms with Gasteiger partial charge in [-0.2, -0.15) is 0 Å². The predicted molar refractivity (Wildman–Crippen MR) is 91.1 cm³/mol. The zero-order chi connectivity index (χ0) is 37.5. The summed E-state index contributed by atoms with van der Waals surface area (Å²) < 4.78 is 209. The van der Waals surface area contributed by atoms with Crippen LogP contribution in [0.3, 0.4) is 0 Å². The third kappa shape index (κ3) is 3.20. The Bertz CT molecular complexity index is 1430. The SMILES string of the molecule is [2H]c1c(OC([2H])([2H])[2H])c(OC)c([2H])c2c1C1N(C([2H])([2H])C2([2H])[2H])C([2H])([2H])C([2H])(C([2H])([2H])C([2H])(C([2H])([2H])[2H])C([2H])([2H])[2H])C([2H])(O)C1([2H])[2H]. The van der Waals surface area contributed by atoms with E-state index in [1.807, 2.05) is 0 Å². The number of hydrogen-bond donors (Lipinski definition) is 1. The monoisotopic (exact) mass is 343 g/mol. The lowest BCUT2D eigenvalue weighted by atomic mass is 9.79. The Balaban J connectivity index is 2.68. The average molecular weight is 344 g/mol. The summed E-state index contributed by atoms with van der Waals surface area (Å²) in [5.41, 5.74) is -2.58. The van der Waals surface area contributed by atoms with E-state index in [1.54, 1.807) is 0 Å². The van der Waals surface area contributed by atoms with Crippen LogP contribution in [0.25, 0.3) is 0 Å². The highest BCUT2D eigenvalue weighted by molar-refractivity contribution is 5.49. The molecule has 1 aromatic rings. The van der Waals surface area contributed by atoms with E-state index in [4.69, 9.17) is 42.4 Å². The maximum Gasteiger partial charge on any atom is 0.161 e. The molecule has 2 heterocycles. The number of ether oxygens (including phenoxy) is 2. The van der Waals surface area contributed by atoms with Crippen LogP contribution < -0.4 is 9.47 Å². The van der Waals surface area contributed by atoms with Crippen LogP contribution in [0.15, 0.2) is 12.1 Å². The third-order valence-electron chi connectivity index (χ3n) is 3.09. The predicted octanol–water partition coefficient (Wildman–Crippen LogP) is 3.03. The standard InChI is InChI=1S/C19H29NO3/c1-12(2)7-14-11-20-6-5-13-8-18(22-3)19(23-4)9-15(13)16(20)10-17(14)21/h8-9,12,14,16-17,21H,5-7,10-11H2,1-4H3/i1D3,2D3,4D3,5D2,6D2,7D2,8D,9D,10D2,11D2,12D,14D,17D. The first-order chi connectivity index (χ1) is 20.4. The highest BCUT2D eigenvalue weighted by Crippen LogP contribution is 2.43. The number of rotatable bonds is 4. The first-order valence-corrected chi connectivity index (χ1v) is 6.28. The molecule has 0 aromatic heterocycles. The van der Waals surface area contributed by atoms with Crippen molar-refractivity contribution in [2.75, 3.05) is 27.1 Å². The van der Waals surface area contributed by atoms with Crippen LogP contribution in [0.2, 0.25) is 0 Å². The Hall–Kier alpha value is -1.26. The van der Waals surface area contributed by atoms with Crippen LogP contribution in [0.5, 0.6) is 11.5 Å². The number of benzene rings is 1. The number of fused-ring (bicyclic) bond motifs is 3. The van der Waals surface area contributed by atoms with Crippen molar-refractivity contribution in [3.8, 4) is 11.5 Å². The van der Waals surface area contributed by atoms with Gasteiger partial charge < -0.3 is 14.6 Å². The third-order valence-corrected chi connectivity index (χ3v) is 3.09. The summed E-state index contributed by atoms with van der Waals surface area (Å²) in [6.07, 6.45) is -17.7. The highest BCUT2D eigenvalue weighted by Gasteiger charge is 2.38. The lowest BCUT2D eigenvalue weighted by molar-refractivity contribution is -0.0191. The topological polar surface area (TPSA) is 41.9 Å². The maximum atomic E-state index is 11.5. The lowest BCUT2D eigenvalue weighted by Gasteiger charge is -2.46. The highest BCUT2D eigenvalue weighted by atomic mass is 16.5. The molecule has 4 nitrogen and oxygen atoms in total. The van der Waals surface area contributed by atoms with Crippen molar-refractivity contribution in [3.63, 3.8) is 0 Å². The summed E-state index contributed by atoms with van der Waals surface area (Å²) in [7, 11) is -2.61. The largest absolute Gasteiger partial charge is 0.493 e. The normalized spacial score (nSPS) is 60.7. The molecule has 4 heteroatoms.